The number of hydrogen-bond donors (Lipinski definition) is 4. The maximum Gasteiger partial charge on any atom is 0.320 e. The number of amides is 2. The van der Waals surface area contributed by atoms with Gasteiger partial charge in [0.2, 0.25) is 5.95 Å². The zero-order valence-electron chi connectivity index (χ0n) is 20.8. The first-order chi connectivity index (χ1) is 17.3. The Kier molecular flexibility index (Phi) is 6.86. The van der Waals surface area contributed by atoms with Crippen LogP contribution in [0, 0.1) is 5.82 Å². The minimum Gasteiger partial charge on any atom is -0.368 e. The number of benzene rings is 1. The summed E-state index contributed by atoms with van der Waals surface area (Å²) < 4.78 is 14.6. The van der Waals surface area contributed by atoms with Crippen LogP contribution < -0.4 is 26.2 Å². The maximum atomic E-state index is 14.6. The molecule has 3 heterocycles. The van der Waals surface area contributed by atoms with Crippen molar-refractivity contribution < 1.29 is 9.18 Å². The second-order valence-electron chi connectivity index (χ2n) is 10.3. The first kappa shape index (κ1) is 24.2. The molecule has 1 saturated carbocycles. The smallest absolute Gasteiger partial charge is 0.320 e. The molecule has 0 radical (unpaired) electrons. The molecule has 1 aromatic carbocycles. The van der Waals surface area contributed by atoms with Crippen LogP contribution in [0.4, 0.5) is 32.3 Å². The third kappa shape index (κ3) is 5.81. The molecule has 0 spiro atoms. The highest BCUT2D eigenvalue weighted by Gasteiger charge is 2.25. The SMILES string of the molecule is CC1(C)CN(c2ccc(Nc3ncc4cc(F)c(NC(=O)NC5CCCCC5)nc4n3)cc2)CCN1. The number of carbonyl (C=O) groups is 1. The largest absolute Gasteiger partial charge is 0.368 e. The van der Waals surface area contributed by atoms with Gasteiger partial charge in [-0.2, -0.15) is 4.98 Å². The third-order valence-electron chi connectivity index (χ3n) is 6.75. The van der Waals surface area contributed by atoms with Gasteiger partial charge in [0.05, 0.1) is 0 Å². The van der Waals surface area contributed by atoms with Gasteiger partial charge >= 0.3 is 6.03 Å². The first-order valence-electron chi connectivity index (χ1n) is 12.6. The van der Waals surface area contributed by atoms with Gasteiger partial charge in [-0.05, 0) is 57.0 Å². The molecule has 0 bridgehead atoms. The molecule has 36 heavy (non-hydrogen) atoms. The standard InChI is InChI=1S/C26H33FN8O/c1-26(2)16-35(13-12-29-26)20-10-8-19(9-11-20)30-24-28-15-17-14-21(27)23(32-22(17)33-24)34-25(36)31-18-6-4-3-5-7-18/h8-11,14-15,18,29H,3-7,12-13,16H2,1-2H3,(H3,28,30,31,32,33,34,36). The fourth-order valence-corrected chi connectivity index (χ4v) is 4.91. The summed E-state index contributed by atoms with van der Waals surface area (Å²) in [4.78, 5) is 27.7. The molecular formula is C26H33FN8O. The van der Waals surface area contributed by atoms with E-state index >= 15 is 0 Å². The predicted molar refractivity (Wildman–Crippen MR) is 140 cm³/mol. The van der Waals surface area contributed by atoms with Crippen molar-refractivity contribution in [3.8, 4) is 0 Å². The number of nitrogens with zero attached hydrogens (tertiary/aromatic N) is 4. The normalized spacial score (nSPS) is 18.1. The third-order valence-corrected chi connectivity index (χ3v) is 6.75. The summed E-state index contributed by atoms with van der Waals surface area (Å²) in [6, 6.07) is 9.07. The van der Waals surface area contributed by atoms with Gasteiger partial charge in [0.1, 0.15) is 0 Å². The van der Waals surface area contributed by atoms with Crippen LogP contribution in [0.5, 0.6) is 0 Å². The van der Waals surface area contributed by atoms with E-state index in [1.165, 1.54) is 18.7 Å². The van der Waals surface area contributed by atoms with Crippen molar-refractivity contribution in [1.29, 1.82) is 0 Å². The topological polar surface area (TPSA) is 107 Å². The number of rotatable bonds is 5. The van der Waals surface area contributed by atoms with E-state index in [1.54, 1.807) is 0 Å². The molecule has 10 heteroatoms. The summed E-state index contributed by atoms with van der Waals surface area (Å²) in [5.74, 6) is -0.434. The number of urea groups is 1. The van der Waals surface area contributed by atoms with Crippen LogP contribution in [-0.2, 0) is 0 Å². The Balaban J connectivity index is 1.26. The van der Waals surface area contributed by atoms with E-state index in [4.69, 9.17) is 0 Å². The van der Waals surface area contributed by atoms with Gasteiger partial charge in [0, 0.05) is 54.2 Å². The van der Waals surface area contributed by atoms with Gasteiger partial charge in [0.15, 0.2) is 17.3 Å². The van der Waals surface area contributed by atoms with E-state index in [2.05, 4.69) is 67.1 Å². The van der Waals surface area contributed by atoms with E-state index in [0.29, 0.717) is 17.0 Å². The lowest BCUT2D eigenvalue weighted by Crippen LogP contribution is -2.57. The number of piperazine rings is 1. The Hall–Kier alpha value is -3.53. The van der Waals surface area contributed by atoms with Gasteiger partial charge < -0.3 is 20.9 Å². The number of anilines is 4. The summed E-state index contributed by atoms with van der Waals surface area (Å²) in [5, 5.41) is 12.6. The average molecular weight is 493 g/mol. The second-order valence-corrected chi connectivity index (χ2v) is 10.3. The number of fused-ring (bicyclic) bond motifs is 1. The monoisotopic (exact) mass is 492 g/mol. The van der Waals surface area contributed by atoms with Gasteiger partial charge in [-0.15, -0.1) is 0 Å². The Labute approximate surface area is 210 Å². The molecule has 1 saturated heterocycles. The highest BCUT2D eigenvalue weighted by Crippen LogP contribution is 2.24. The molecule has 5 rings (SSSR count). The highest BCUT2D eigenvalue weighted by molar-refractivity contribution is 5.90. The van der Waals surface area contributed by atoms with E-state index in [0.717, 1.165) is 56.7 Å². The summed E-state index contributed by atoms with van der Waals surface area (Å²) in [7, 11) is 0. The van der Waals surface area contributed by atoms with Crippen molar-refractivity contribution in [1.82, 2.24) is 25.6 Å². The zero-order chi connectivity index (χ0) is 25.1. The van der Waals surface area contributed by atoms with Gasteiger partial charge in [0.25, 0.3) is 0 Å². The van der Waals surface area contributed by atoms with Crippen molar-refractivity contribution in [3.05, 3.63) is 42.3 Å². The summed E-state index contributed by atoms with van der Waals surface area (Å²) in [6.07, 6.45) is 6.78. The number of halogens is 1. The van der Waals surface area contributed by atoms with Crippen molar-refractivity contribution in [2.24, 2.45) is 0 Å². The fraction of sp³-hybridized carbons (Fsp3) is 0.462. The Morgan fingerprint density at radius 1 is 1.14 bits per heavy atom. The van der Waals surface area contributed by atoms with Crippen LogP contribution in [-0.4, -0.2) is 52.2 Å². The quantitative estimate of drug-likeness (QED) is 0.414. The van der Waals surface area contributed by atoms with Crippen LogP contribution in [0.15, 0.2) is 36.5 Å². The average Bonchev–Trinajstić information content (AvgIpc) is 2.85. The fourth-order valence-electron chi connectivity index (χ4n) is 4.91. The lowest BCUT2D eigenvalue weighted by molar-refractivity contribution is 0.244. The van der Waals surface area contributed by atoms with E-state index < -0.39 is 11.8 Å². The molecule has 2 aliphatic rings. The van der Waals surface area contributed by atoms with Gasteiger partial charge in [-0.25, -0.2) is 19.2 Å². The highest BCUT2D eigenvalue weighted by atomic mass is 19.1. The van der Waals surface area contributed by atoms with Crippen molar-refractivity contribution in [3.63, 3.8) is 0 Å². The molecule has 190 valence electrons. The summed E-state index contributed by atoms with van der Waals surface area (Å²) >= 11 is 0. The molecule has 3 aromatic rings. The molecular weight excluding hydrogens is 459 g/mol. The number of hydrogen-bond acceptors (Lipinski definition) is 7. The predicted octanol–water partition coefficient (Wildman–Crippen LogP) is 4.55. The van der Waals surface area contributed by atoms with Gasteiger partial charge in [-0.3, -0.25) is 5.32 Å². The Morgan fingerprint density at radius 3 is 2.67 bits per heavy atom. The van der Waals surface area contributed by atoms with E-state index in [9.17, 15) is 9.18 Å². The van der Waals surface area contributed by atoms with E-state index in [1.807, 2.05) is 12.1 Å². The maximum absolute atomic E-state index is 14.6. The summed E-state index contributed by atoms with van der Waals surface area (Å²) in [5.41, 5.74) is 2.36. The number of nitrogens with one attached hydrogen (secondary N) is 4. The molecule has 2 amide bonds. The first-order valence-corrected chi connectivity index (χ1v) is 12.6. The molecule has 9 nitrogen and oxygen atoms in total. The lowest BCUT2D eigenvalue weighted by Gasteiger charge is -2.40. The van der Waals surface area contributed by atoms with Crippen LogP contribution in [0.3, 0.4) is 0 Å². The van der Waals surface area contributed by atoms with Crippen LogP contribution in [0.2, 0.25) is 0 Å². The van der Waals surface area contributed by atoms with E-state index in [-0.39, 0.29) is 17.4 Å². The number of carbonyl (C=O) groups excluding carboxylic acids is 1. The Morgan fingerprint density at radius 2 is 1.92 bits per heavy atom. The van der Waals surface area contributed by atoms with Crippen LogP contribution in [0.1, 0.15) is 46.0 Å². The van der Waals surface area contributed by atoms with Crippen LogP contribution in [0.25, 0.3) is 11.0 Å². The van der Waals surface area contributed by atoms with Crippen molar-refractivity contribution >= 4 is 40.2 Å². The molecule has 2 aromatic heterocycles. The summed E-state index contributed by atoms with van der Waals surface area (Å²) in [6.45, 7) is 7.25. The molecule has 0 atom stereocenters. The Bertz CT molecular complexity index is 1230. The molecule has 1 aliphatic carbocycles. The minimum absolute atomic E-state index is 0.0742. The van der Waals surface area contributed by atoms with Crippen molar-refractivity contribution in [2.45, 2.75) is 57.5 Å². The molecule has 1 aliphatic heterocycles. The number of aromatic nitrogens is 3. The number of pyridine rings is 1. The zero-order valence-corrected chi connectivity index (χ0v) is 20.8. The lowest BCUT2D eigenvalue weighted by atomic mass is 9.96. The molecule has 0 unspecified atom stereocenters. The van der Waals surface area contributed by atoms with Crippen LogP contribution >= 0.6 is 0 Å². The van der Waals surface area contributed by atoms with Crippen molar-refractivity contribution in [2.75, 3.05) is 35.2 Å². The van der Waals surface area contributed by atoms with Gasteiger partial charge in [-0.1, -0.05) is 19.3 Å². The molecule has 2 fully saturated rings. The second kappa shape index (κ2) is 10.2. The minimum atomic E-state index is -0.628. The molecule has 4 N–H and O–H groups in total.